The third kappa shape index (κ3) is 4.62. The van der Waals surface area contributed by atoms with Gasteiger partial charge >= 0.3 is 16.2 Å². The van der Waals surface area contributed by atoms with Gasteiger partial charge in [0.1, 0.15) is 11.5 Å². The van der Waals surface area contributed by atoms with E-state index in [1.807, 2.05) is 0 Å². The number of ether oxygens (including phenoxy) is 1. The highest BCUT2D eigenvalue weighted by atomic mass is 32.2. The summed E-state index contributed by atoms with van der Waals surface area (Å²) in [5.41, 5.74) is -0.0315. The van der Waals surface area contributed by atoms with Crippen molar-refractivity contribution < 1.29 is 26.7 Å². The van der Waals surface area contributed by atoms with Gasteiger partial charge in [0, 0.05) is 60.0 Å². The number of hydrogen-bond donors (Lipinski definition) is 2. The summed E-state index contributed by atoms with van der Waals surface area (Å²) in [6.07, 6.45) is 5.84. The summed E-state index contributed by atoms with van der Waals surface area (Å²) >= 11 is 0. The molecule has 188 valence electrons. The Balaban J connectivity index is 1.75. The number of H-pyrrole nitrogens is 1. The minimum atomic E-state index is -4.11. The van der Waals surface area contributed by atoms with Gasteiger partial charge in [-0.25, -0.2) is 23.7 Å². The molecule has 0 aliphatic rings. The Morgan fingerprint density at radius 2 is 1.75 bits per heavy atom. The van der Waals surface area contributed by atoms with Gasteiger partial charge in [-0.2, -0.15) is 12.7 Å². The fourth-order valence-electron chi connectivity index (χ4n) is 3.66. The molecule has 0 bridgehead atoms. The van der Waals surface area contributed by atoms with E-state index in [1.165, 1.54) is 31.9 Å². The zero-order valence-electron chi connectivity index (χ0n) is 19.5. The zero-order chi connectivity index (χ0) is 26.0. The number of carbonyl (C=O) groups excluding carboxylic acids is 1. The lowest BCUT2D eigenvalue weighted by molar-refractivity contribution is 0.103. The SMILES string of the molecule is CCN(CC)S(=O)(=O)Nc1ccc(F)c(C(=O)c2c[nH]c3ncc(-c4cnc(OC)nc4)cc23)c1F. The predicted molar refractivity (Wildman–Crippen MR) is 129 cm³/mol. The van der Waals surface area contributed by atoms with Gasteiger partial charge in [-0.1, -0.05) is 13.8 Å². The first-order valence-electron chi connectivity index (χ1n) is 10.8. The number of anilines is 1. The number of fused-ring (bicyclic) bond motifs is 1. The number of halogens is 2. The Bertz CT molecular complexity index is 1540. The van der Waals surface area contributed by atoms with Gasteiger partial charge in [-0.05, 0) is 18.2 Å². The third-order valence-corrected chi connectivity index (χ3v) is 7.20. The lowest BCUT2D eigenvalue weighted by atomic mass is 10.0. The molecule has 0 aliphatic heterocycles. The molecule has 0 spiro atoms. The summed E-state index contributed by atoms with van der Waals surface area (Å²) in [4.78, 5) is 28.5. The molecular weight excluding hydrogens is 494 g/mol. The lowest BCUT2D eigenvalue weighted by Crippen LogP contribution is -2.35. The summed E-state index contributed by atoms with van der Waals surface area (Å²) in [7, 11) is -2.68. The smallest absolute Gasteiger partial charge is 0.316 e. The van der Waals surface area contributed by atoms with E-state index in [0.29, 0.717) is 22.2 Å². The van der Waals surface area contributed by atoms with Crippen LogP contribution in [0.1, 0.15) is 29.8 Å². The van der Waals surface area contributed by atoms with E-state index in [4.69, 9.17) is 4.74 Å². The Kier molecular flexibility index (Phi) is 6.95. The number of aromatic amines is 1. The van der Waals surface area contributed by atoms with Crippen LogP contribution >= 0.6 is 0 Å². The van der Waals surface area contributed by atoms with Crippen molar-refractivity contribution in [2.45, 2.75) is 13.8 Å². The van der Waals surface area contributed by atoms with Crippen molar-refractivity contribution in [1.82, 2.24) is 24.2 Å². The summed E-state index contributed by atoms with van der Waals surface area (Å²) < 4.78 is 63.2. The van der Waals surface area contributed by atoms with E-state index in [2.05, 4.69) is 24.7 Å². The summed E-state index contributed by atoms with van der Waals surface area (Å²) in [5.74, 6) is -3.44. The average molecular weight is 517 g/mol. The monoisotopic (exact) mass is 516 g/mol. The zero-order valence-corrected chi connectivity index (χ0v) is 20.4. The largest absolute Gasteiger partial charge is 0.467 e. The molecule has 3 heterocycles. The van der Waals surface area contributed by atoms with Crippen molar-refractivity contribution in [3.63, 3.8) is 0 Å². The number of carbonyl (C=O) groups is 1. The average Bonchev–Trinajstić information content (AvgIpc) is 3.29. The maximum absolute atomic E-state index is 15.3. The molecule has 0 unspecified atom stereocenters. The summed E-state index contributed by atoms with van der Waals surface area (Å²) in [6, 6.07) is 3.55. The van der Waals surface area contributed by atoms with E-state index >= 15 is 4.39 Å². The summed E-state index contributed by atoms with van der Waals surface area (Å²) in [6.45, 7) is 3.53. The molecule has 0 aliphatic carbocycles. The van der Waals surface area contributed by atoms with Crippen LogP contribution in [0.5, 0.6) is 6.01 Å². The first kappa shape index (κ1) is 25.1. The second-order valence-corrected chi connectivity index (χ2v) is 9.26. The van der Waals surface area contributed by atoms with E-state index in [1.54, 1.807) is 19.9 Å². The van der Waals surface area contributed by atoms with Gasteiger partial charge in [0.25, 0.3) is 0 Å². The van der Waals surface area contributed by atoms with Crippen LogP contribution in [0, 0.1) is 11.6 Å². The molecule has 0 atom stereocenters. The number of benzene rings is 1. The quantitative estimate of drug-likeness (QED) is 0.326. The molecule has 10 nitrogen and oxygen atoms in total. The molecule has 0 amide bonds. The van der Waals surface area contributed by atoms with Gasteiger partial charge in [0.15, 0.2) is 5.82 Å². The Morgan fingerprint density at radius 1 is 1.08 bits per heavy atom. The van der Waals surface area contributed by atoms with Crippen molar-refractivity contribution in [3.8, 4) is 17.1 Å². The van der Waals surface area contributed by atoms with Crippen molar-refractivity contribution in [1.29, 1.82) is 0 Å². The minimum Gasteiger partial charge on any atom is -0.467 e. The Hall–Kier alpha value is -3.97. The van der Waals surface area contributed by atoms with Crippen molar-refractivity contribution >= 4 is 32.7 Å². The van der Waals surface area contributed by atoms with Crippen molar-refractivity contribution in [2.24, 2.45) is 0 Å². The molecule has 4 aromatic rings. The molecule has 4 rings (SSSR count). The second-order valence-electron chi connectivity index (χ2n) is 7.59. The number of nitrogens with one attached hydrogen (secondary N) is 2. The van der Waals surface area contributed by atoms with Crippen LogP contribution in [0.4, 0.5) is 14.5 Å². The number of methoxy groups -OCH3 is 1. The number of nitrogens with zero attached hydrogens (tertiary/aromatic N) is 4. The molecule has 2 N–H and O–H groups in total. The van der Waals surface area contributed by atoms with E-state index in [9.17, 15) is 17.6 Å². The Morgan fingerprint density at radius 3 is 2.39 bits per heavy atom. The molecule has 0 saturated carbocycles. The van der Waals surface area contributed by atoms with Gasteiger partial charge in [0.05, 0.1) is 18.4 Å². The van der Waals surface area contributed by atoms with Crippen LogP contribution in [-0.2, 0) is 10.2 Å². The number of hydrogen-bond acceptors (Lipinski definition) is 7. The predicted octanol–water partition coefficient (Wildman–Crippen LogP) is 3.54. The maximum atomic E-state index is 15.3. The van der Waals surface area contributed by atoms with Gasteiger partial charge in [0.2, 0.25) is 5.78 Å². The molecule has 13 heteroatoms. The highest BCUT2D eigenvalue weighted by molar-refractivity contribution is 7.90. The number of ketones is 1. The van der Waals surface area contributed by atoms with Gasteiger partial charge in [-0.15, -0.1) is 0 Å². The van der Waals surface area contributed by atoms with Crippen LogP contribution in [0.15, 0.2) is 43.0 Å². The Labute approximate surface area is 205 Å². The normalized spacial score (nSPS) is 11.7. The lowest BCUT2D eigenvalue weighted by Gasteiger charge is -2.20. The van der Waals surface area contributed by atoms with E-state index < -0.39 is 38.9 Å². The molecule has 3 aromatic heterocycles. The second kappa shape index (κ2) is 9.95. The molecule has 36 heavy (non-hydrogen) atoms. The molecule has 1 aromatic carbocycles. The number of aromatic nitrogens is 4. The van der Waals surface area contributed by atoms with Crippen LogP contribution in [-0.4, -0.2) is 58.6 Å². The first-order chi connectivity index (χ1) is 17.2. The number of rotatable bonds is 9. The first-order valence-corrected chi connectivity index (χ1v) is 12.3. The number of pyridine rings is 1. The van der Waals surface area contributed by atoms with Crippen LogP contribution < -0.4 is 9.46 Å². The fraction of sp³-hybridized carbons (Fsp3) is 0.217. The highest BCUT2D eigenvalue weighted by Gasteiger charge is 2.27. The molecular formula is C23H22F2N6O4S. The topological polar surface area (TPSA) is 130 Å². The summed E-state index contributed by atoms with van der Waals surface area (Å²) in [5, 5.41) is 0.307. The fourth-order valence-corrected chi connectivity index (χ4v) is 4.91. The van der Waals surface area contributed by atoms with Gasteiger partial charge in [-0.3, -0.25) is 9.52 Å². The minimum absolute atomic E-state index is 0.0460. The standard InChI is InChI=1S/C23H22F2N6O4S/c1-4-31(5-2)36(33,34)30-18-7-6-17(24)19(20(18)25)21(32)16-12-27-22-15(16)8-13(9-26-22)14-10-28-23(35-3)29-11-14/h6-12,30H,4-5H2,1-3H3,(H,26,27). The molecule has 0 radical (unpaired) electrons. The van der Waals surface area contributed by atoms with Crippen LogP contribution in [0.2, 0.25) is 0 Å². The van der Waals surface area contributed by atoms with Gasteiger partial charge < -0.3 is 9.72 Å². The molecule has 0 fully saturated rings. The van der Waals surface area contributed by atoms with Crippen molar-refractivity contribution in [2.75, 3.05) is 24.9 Å². The third-order valence-electron chi connectivity index (χ3n) is 5.52. The highest BCUT2D eigenvalue weighted by Crippen LogP contribution is 2.29. The van der Waals surface area contributed by atoms with Crippen molar-refractivity contribution in [3.05, 3.63) is 65.7 Å². The van der Waals surface area contributed by atoms with Crippen LogP contribution in [0.25, 0.3) is 22.2 Å². The van der Waals surface area contributed by atoms with E-state index in [-0.39, 0.29) is 24.7 Å². The van der Waals surface area contributed by atoms with Crippen LogP contribution in [0.3, 0.4) is 0 Å². The maximum Gasteiger partial charge on any atom is 0.316 e. The molecule has 0 saturated heterocycles. The van der Waals surface area contributed by atoms with E-state index in [0.717, 1.165) is 16.4 Å².